The van der Waals surface area contributed by atoms with Crippen molar-refractivity contribution >= 4 is 13.8 Å². The lowest BCUT2D eigenvalue weighted by Gasteiger charge is -2.20. The van der Waals surface area contributed by atoms with Crippen LogP contribution in [0.4, 0.5) is 0 Å². The SMILES string of the molecule is CC/C=C\C/C=C\C/C=C\C/C=C\CCCCCCCCCOCC(COP(=O)(O)OCCN)OC(=O)CCCCCCCCC/C=C\C/C=C\C/C=C\CC. The second-order valence-electron chi connectivity index (χ2n) is 14.1. The van der Waals surface area contributed by atoms with Gasteiger partial charge in [-0.1, -0.05) is 163 Å². The Bertz CT molecular complexity index is 1130. The largest absolute Gasteiger partial charge is 0.472 e. The quantitative estimate of drug-likeness (QED) is 0.0272. The van der Waals surface area contributed by atoms with Gasteiger partial charge in [0.25, 0.3) is 0 Å². The molecule has 0 aromatic rings. The van der Waals surface area contributed by atoms with E-state index in [1.807, 2.05) is 0 Å². The summed E-state index contributed by atoms with van der Waals surface area (Å²) in [6.07, 6.45) is 56.0. The van der Waals surface area contributed by atoms with Crippen molar-refractivity contribution < 1.29 is 32.8 Å². The highest BCUT2D eigenvalue weighted by molar-refractivity contribution is 7.47. The molecule has 0 saturated heterocycles. The van der Waals surface area contributed by atoms with E-state index in [1.165, 1.54) is 51.4 Å². The Morgan fingerprint density at radius 2 is 0.946 bits per heavy atom. The second kappa shape index (κ2) is 43.8. The van der Waals surface area contributed by atoms with Crippen LogP contribution in [-0.2, 0) is 27.9 Å². The van der Waals surface area contributed by atoms with E-state index in [-0.39, 0.29) is 32.3 Å². The number of hydrogen-bond acceptors (Lipinski definition) is 7. The molecule has 0 fully saturated rings. The normalized spacial score (nSPS) is 14.3. The van der Waals surface area contributed by atoms with Crippen LogP contribution in [0.3, 0.4) is 0 Å². The number of carbonyl (C=O) groups is 1. The van der Waals surface area contributed by atoms with Gasteiger partial charge in [-0.2, -0.15) is 0 Å². The fourth-order valence-corrected chi connectivity index (χ4v) is 6.41. The predicted molar refractivity (Wildman–Crippen MR) is 238 cm³/mol. The summed E-state index contributed by atoms with van der Waals surface area (Å²) in [5.74, 6) is -0.348. The summed E-state index contributed by atoms with van der Waals surface area (Å²) in [4.78, 5) is 22.5. The van der Waals surface area contributed by atoms with Gasteiger partial charge in [0.15, 0.2) is 0 Å². The molecule has 3 N–H and O–H groups in total. The molecule has 0 aliphatic carbocycles. The van der Waals surface area contributed by atoms with Gasteiger partial charge in [-0.3, -0.25) is 13.8 Å². The van der Waals surface area contributed by atoms with Gasteiger partial charge in [0.1, 0.15) is 6.10 Å². The van der Waals surface area contributed by atoms with Crippen molar-refractivity contribution in [2.24, 2.45) is 5.73 Å². The lowest BCUT2D eigenvalue weighted by atomic mass is 10.1. The van der Waals surface area contributed by atoms with E-state index in [0.717, 1.165) is 96.3 Å². The number of hydrogen-bond donors (Lipinski definition) is 2. The maximum Gasteiger partial charge on any atom is 0.472 e. The van der Waals surface area contributed by atoms with E-state index < -0.39 is 13.9 Å². The van der Waals surface area contributed by atoms with Crippen LogP contribution in [0.5, 0.6) is 0 Å². The summed E-state index contributed by atoms with van der Waals surface area (Å²) in [5.41, 5.74) is 5.37. The molecule has 9 heteroatoms. The van der Waals surface area contributed by atoms with Gasteiger partial charge < -0.3 is 20.1 Å². The molecule has 0 aromatic carbocycles. The van der Waals surface area contributed by atoms with Gasteiger partial charge in [0.2, 0.25) is 0 Å². The topological polar surface area (TPSA) is 117 Å². The Kier molecular flexibility index (Phi) is 42.0. The van der Waals surface area contributed by atoms with Crippen molar-refractivity contribution in [3.63, 3.8) is 0 Å². The van der Waals surface area contributed by atoms with Gasteiger partial charge in [-0.15, -0.1) is 0 Å². The molecular weight excluding hydrogens is 721 g/mol. The molecule has 56 heavy (non-hydrogen) atoms. The molecular formula is C47H82NO7P. The fraction of sp³-hybridized carbons (Fsp3) is 0.681. The molecule has 0 aromatic heterocycles. The molecule has 2 atom stereocenters. The predicted octanol–water partition coefficient (Wildman–Crippen LogP) is 13.3. The minimum absolute atomic E-state index is 0.0919. The first kappa shape index (κ1) is 53.7. The Hall–Kier alpha value is -2.32. The molecule has 2 unspecified atom stereocenters. The van der Waals surface area contributed by atoms with Crippen LogP contribution < -0.4 is 5.73 Å². The summed E-state index contributed by atoms with van der Waals surface area (Å²) in [7, 11) is -4.29. The zero-order valence-electron chi connectivity index (χ0n) is 35.6. The van der Waals surface area contributed by atoms with Gasteiger partial charge in [0.05, 0.1) is 19.8 Å². The molecule has 0 bridgehead atoms. The van der Waals surface area contributed by atoms with Crippen LogP contribution in [0.2, 0.25) is 0 Å². The van der Waals surface area contributed by atoms with E-state index in [2.05, 4.69) is 98.9 Å². The number of rotatable bonds is 41. The zero-order valence-corrected chi connectivity index (χ0v) is 36.5. The third-order valence-corrected chi connectivity index (χ3v) is 9.79. The molecule has 0 amide bonds. The standard InChI is InChI=1S/C47H82NO7P/c1-3-5-7-9-11-13-15-17-19-21-22-23-25-27-29-31-33-35-37-39-42-52-44-46(45-54-56(50,51)53-43-41-48)55-47(49)40-38-36-34-32-30-28-26-24-20-18-16-14-12-10-8-6-4-2/h5-8,11-14,17-20,22-23,46H,3-4,9-10,15-16,21,24-45,48H2,1-2H3,(H,50,51)/b7-5-,8-6-,13-11-,14-12-,19-17-,20-18-,23-22-. The van der Waals surface area contributed by atoms with Gasteiger partial charge in [0, 0.05) is 19.6 Å². The summed E-state index contributed by atoms with van der Waals surface area (Å²) in [5, 5.41) is 0. The maximum atomic E-state index is 12.6. The molecule has 0 spiro atoms. The number of unbranched alkanes of at least 4 members (excludes halogenated alkanes) is 14. The van der Waals surface area contributed by atoms with E-state index in [9.17, 15) is 14.3 Å². The van der Waals surface area contributed by atoms with Crippen LogP contribution in [0.1, 0.15) is 168 Å². The average molecular weight is 804 g/mol. The van der Waals surface area contributed by atoms with Crippen LogP contribution in [-0.4, -0.2) is 49.9 Å². The Morgan fingerprint density at radius 1 is 0.536 bits per heavy atom. The monoisotopic (exact) mass is 804 g/mol. The summed E-state index contributed by atoms with van der Waals surface area (Å²) >= 11 is 0. The molecule has 0 aliphatic rings. The fourth-order valence-electron chi connectivity index (χ4n) is 5.65. The lowest BCUT2D eigenvalue weighted by molar-refractivity contribution is -0.154. The highest BCUT2D eigenvalue weighted by atomic mass is 31.2. The first-order valence-corrected chi connectivity index (χ1v) is 23.6. The van der Waals surface area contributed by atoms with E-state index in [4.69, 9.17) is 24.3 Å². The number of phosphoric ester groups is 1. The summed E-state index contributed by atoms with van der Waals surface area (Å²) < 4.78 is 33.4. The highest BCUT2D eigenvalue weighted by Gasteiger charge is 2.25. The molecule has 0 aliphatic heterocycles. The van der Waals surface area contributed by atoms with Crippen LogP contribution in [0.15, 0.2) is 85.1 Å². The minimum Gasteiger partial charge on any atom is -0.457 e. The maximum absolute atomic E-state index is 12.6. The Balaban J connectivity index is 4.07. The number of phosphoric acid groups is 1. The molecule has 0 saturated carbocycles. The lowest BCUT2D eigenvalue weighted by Crippen LogP contribution is -2.28. The number of nitrogens with two attached hydrogens (primary N) is 1. The second-order valence-corrected chi connectivity index (χ2v) is 15.6. The van der Waals surface area contributed by atoms with Crippen LogP contribution in [0, 0.1) is 0 Å². The smallest absolute Gasteiger partial charge is 0.457 e. The molecule has 0 heterocycles. The first-order chi connectivity index (χ1) is 27.4. The number of esters is 1. The van der Waals surface area contributed by atoms with Crippen molar-refractivity contribution in [2.45, 2.75) is 174 Å². The van der Waals surface area contributed by atoms with Gasteiger partial charge in [-0.05, 0) is 83.5 Å². The minimum atomic E-state index is -4.29. The summed E-state index contributed by atoms with van der Waals surface area (Å²) in [6, 6.07) is 0. The average Bonchev–Trinajstić information content (AvgIpc) is 3.19. The molecule has 8 nitrogen and oxygen atoms in total. The van der Waals surface area contributed by atoms with Gasteiger partial charge >= 0.3 is 13.8 Å². The molecule has 0 rings (SSSR count). The van der Waals surface area contributed by atoms with Crippen molar-refractivity contribution in [1.29, 1.82) is 0 Å². The number of carbonyl (C=O) groups excluding carboxylic acids is 1. The highest BCUT2D eigenvalue weighted by Crippen LogP contribution is 2.43. The number of ether oxygens (including phenoxy) is 2. The Morgan fingerprint density at radius 3 is 1.41 bits per heavy atom. The van der Waals surface area contributed by atoms with E-state index in [1.54, 1.807) is 0 Å². The molecule has 322 valence electrons. The van der Waals surface area contributed by atoms with Crippen molar-refractivity contribution in [3.8, 4) is 0 Å². The first-order valence-electron chi connectivity index (χ1n) is 22.1. The van der Waals surface area contributed by atoms with Crippen molar-refractivity contribution in [1.82, 2.24) is 0 Å². The Labute approximate surface area is 343 Å². The summed E-state index contributed by atoms with van der Waals surface area (Å²) in [6.45, 7) is 4.64. The van der Waals surface area contributed by atoms with Crippen molar-refractivity contribution in [2.75, 3.05) is 33.0 Å². The van der Waals surface area contributed by atoms with E-state index >= 15 is 0 Å². The molecule has 0 radical (unpaired) electrons. The van der Waals surface area contributed by atoms with Crippen LogP contribution >= 0.6 is 7.82 Å². The zero-order chi connectivity index (χ0) is 40.9. The van der Waals surface area contributed by atoms with Gasteiger partial charge in [-0.25, -0.2) is 4.57 Å². The van der Waals surface area contributed by atoms with Crippen molar-refractivity contribution in [3.05, 3.63) is 85.1 Å². The third kappa shape index (κ3) is 42.8. The number of allylic oxidation sites excluding steroid dienone is 14. The third-order valence-electron chi connectivity index (χ3n) is 8.81. The van der Waals surface area contributed by atoms with Crippen LogP contribution in [0.25, 0.3) is 0 Å². The van der Waals surface area contributed by atoms with E-state index in [0.29, 0.717) is 13.0 Å².